The average Bonchev–Trinajstić information content (AvgIpc) is 3.55. The largest absolute Gasteiger partial charge is 0.354 e. The Kier molecular flexibility index (Phi) is 5.14. The highest BCUT2D eigenvalue weighted by Gasteiger charge is 2.32. The van der Waals surface area contributed by atoms with Crippen LogP contribution in [0.15, 0.2) is 55.5 Å². The Labute approximate surface area is 184 Å². The molecule has 1 aliphatic rings. The second kappa shape index (κ2) is 8.26. The van der Waals surface area contributed by atoms with E-state index in [9.17, 15) is 9.59 Å². The molecule has 1 saturated heterocycles. The first-order chi connectivity index (χ1) is 15.7. The van der Waals surface area contributed by atoms with Gasteiger partial charge in [-0.25, -0.2) is 4.98 Å². The Hall–Kier alpha value is -4.01. The number of nitrogens with one attached hydrogen (secondary N) is 2. The van der Waals surface area contributed by atoms with Gasteiger partial charge in [-0.05, 0) is 48.7 Å². The van der Waals surface area contributed by atoms with Crippen LogP contribution in [-0.2, 0) is 16.0 Å². The summed E-state index contributed by atoms with van der Waals surface area (Å²) < 4.78 is 1.61. The van der Waals surface area contributed by atoms with Crippen LogP contribution in [0.1, 0.15) is 18.5 Å². The number of H-pyrrole nitrogens is 1. The van der Waals surface area contributed by atoms with E-state index in [4.69, 9.17) is 0 Å². The zero-order valence-electron chi connectivity index (χ0n) is 17.5. The van der Waals surface area contributed by atoms with Gasteiger partial charge in [-0.15, -0.1) is 0 Å². The third-order valence-corrected chi connectivity index (χ3v) is 5.89. The minimum atomic E-state index is -0.416. The number of pyridine rings is 1. The number of hydrogen-bond donors (Lipinski definition) is 2. The van der Waals surface area contributed by atoms with E-state index in [1.807, 2.05) is 24.4 Å². The molecule has 1 fully saturated rings. The van der Waals surface area contributed by atoms with E-state index in [1.54, 1.807) is 21.9 Å². The number of carbonyl (C=O) groups is 2. The molecule has 0 bridgehead atoms. The molecule has 4 aromatic rings. The lowest BCUT2D eigenvalue weighted by Crippen LogP contribution is -2.45. The Balaban J connectivity index is 1.31. The number of likely N-dealkylation sites (tertiary alicyclic amines) is 1. The fourth-order valence-electron chi connectivity index (χ4n) is 4.35. The van der Waals surface area contributed by atoms with Crippen molar-refractivity contribution in [2.75, 3.05) is 13.1 Å². The van der Waals surface area contributed by atoms with E-state index in [-0.39, 0.29) is 11.8 Å². The molecule has 2 N–H and O–H groups in total. The van der Waals surface area contributed by atoms with Crippen LogP contribution in [0.25, 0.3) is 27.7 Å². The minimum Gasteiger partial charge on any atom is -0.354 e. The molecule has 0 aliphatic carbocycles. The van der Waals surface area contributed by atoms with Gasteiger partial charge >= 0.3 is 0 Å². The molecule has 5 rings (SSSR count). The highest BCUT2D eigenvalue weighted by molar-refractivity contribution is 5.97. The van der Waals surface area contributed by atoms with E-state index in [2.05, 4.69) is 38.1 Å². The summed E-state index contributed by atoms with van der Waals surface area (Å²) in [6, 6.07) is 7.48. The fourth-order valence-corrected chi connectivity index (χ4v) is 4.35. The summed E-state index contributed by atoms with van der Waals surface area (Å²) in [5, 5.41) is 12.5. The van der Waals surface area contributed by atoms with Gasteiger partial charge in [-0.2, -0.15) is 14.8 Å². The monoisotopic (exact) mass is 429 g/mol. The van der Waals surface area contributed by atoms with Crippen LogP contribution in [-0.4, -0.2) is 60.6 Å². The predicted molar refractivity (Wildman–Crippen MR) is 120 cm³/mol. The summed E-state index contributed by atoms with van der Waals surface area (Å²) in [5.41, 5.74) is 4.68. The van der Waals surface area contributed by atoms with Gasteiger partial charge in [0.2, 0.25) is 11.8 Å². The Morgan fingerprint density at radius 2 is 2.16 bits per heavy atom. The van der Waals surface area contributed by atoms with Crippen molar-refractivity contribution in [2.24, 2.45) is 0 Å². The van der Waals surface area contributed by atoms with Crippen molar-refractivity contribution >= 4 is 28.4 Å². The number of aromatic amines is 1. The number of fused-ring (bicyclic) bond motifs is 2. The number of aromatic nitrogens is 5. The SMILES string of the molecule is C=CC(=O)N1CCC[C@@H]1C(=O)NCCc1cc2c(-c3cnn4ncccc34)ccnc2[nH]1. The first kappa shape index (κ1) is 19.9. The van der Waals surface area contributed by atoms with Gasteiger partial charge in [0.1, 0.15) is 11.7 Å². The number of rotatable bonds is 6. The van der Waals surface area contributed by atoms with Crippen molar-refractivity contribution < 1.29 is 9.59 Å². The standard InChI is InChI=1S/C23H23N7O2/c1-2-21(31)29-12-4-6-20(29)23(32)25-10-7-15-13-17-16(8-11-24-22(17)28-15)18-14-27-30-19(18)5-3-9-26-30/h2-3,5,8-9,11,13-14,20H,1,4,6-7,10,12H2,(H,24,28)(H,25,32)/t20-/m1/s1. The number of hydrogen-bond acceptors (Lipinski definition) is 5. The van der Waals surface area contributed by atoms with E-state index < -0.39 is 6.04 Å². The van der Waals surface area contributed by atoms with Crippen molar-refractivity contribution in [2.45, 2.75) is 25.3 Å². The summed E-state index contributed by atoms with van der Waals surface area (Å²) in [7, 11) is 0. The predicted octanol–water partition coefficient (Wildman–Crippen LogP) is 2.11. The summed E-state index contributed by atoms with van der Waals surface area (Å²) in [6.07, 6.45) is 8.67. The third-order valence-electron chi connectivity index (χ3n) is 5.89. The van der Waals surface area contributed by atoms with Crippen LogP contribution in [0.2, 0.25) is 0 Å². The molecule has 9 heteroatoms. The zero-order chi connectivity index (χ0) is 22.1. The summed E-state index contributed by atoms with van der Waals surface area (Å²) >= 11 is 0. The Morgan fingerprint density at radius 3 is 3.03 bits per heavy atom. The molecule has 0 unspecified atom stereocenters. The maximum Gasteiger partial charge on any atom is 0.246 e. The molecule has 0 aromatic carbocycles. The van der Waals surface area contributed by atoms with Gasteiger partial charge in [-0.3, -0.25) is 9.59 Å². The van der Waals surface area contributed by atoms with E-state index >= 15 is 0 Å². The van der Waals surface area contributed by atoms with Gasteiger partial charge in [0.15, 0.2) is 0 Å². The first-order valence-corrected chi connectivity index (χ1v) is 10.6. The van der Waals surface area contributed by atoms with Crippen LogP contribution < -0.4 is 5.32 Å². The lowest BCUT2D eigenvalue weighted by atomic mass is 10.1. The van der Waals surface area contributed by atoms with Crippen molar-refractivity contribution in [3.05, 3.63) is 61.2 Å². The van der Waals surface area contributed by atoms with E-state index in [0.29, 0.717) is 25.9 Å². The molecule has 4 aromatic heterocycles. The minimum absolute atomic E-state index is 0.119. The summed E-state index contributed by atoms with van der Waals surface area (Å²) in [6.45, 7) is 4.58. The molecule has 2 amide bonds. The second-order valence-corrected chi connectivity index (χ2v) is 7.81. The van der Waals surface area contributed by atoms with Gasteiger partial charge in [0, 0.05) is 48.5 Å². The van der Waals surface area contributed by atoms with Crippen molar-refractivity contribution in [3.63, 3.8) is 0 Å². The van der Waals surface area contributed by atoms with Crippen LogP contribution in [0.5, 0.6) is 0 Å². The second-order valence-electron chi connectivity index (χ2n) is 7.81. The fraction of sp³-hybridized carbons (Fsp3) is 0.261. The molecule has 162 valence electrons. The van der Waals surface area contributed by atoms with Gasteiger partial charge < -0.3 is 15.2 Å². The van der Waals surface area contributed by atoms with Crippen molar-refractivity contribution in [3.8, 4) is 11.1 Å². The maximum absolute atomic E-state index is 12.6. The molecule has 0 radical (unpaired) electrons. The molecule has 5 heterocycles. The van der Waals surface area contributed by atoms with Crippen LogP contribution >= 0.6 is 0 Å². The molecule has 9 nitrogen and oxygen atoms in total. The zero-order valence-corrected chi connectivity index (χ0v) is 17.5. The number of carbonyl (C=O) groups excluding carboxylic acids is 2. The molecule has 32 heavy (non-hydrogen) atoms. The quantitative estimate of drug-likeness (QED) is 0.457. The highest BCUT2D eigenvalue weighted by atomic mass is 16.2. The molecular formula is C23H23N7O2. The lowest BCUT2D eigenvalue weighted by Gasteiger charge is -2.22. The number of amides is 2. The van der Waals surface area contributed by atoms with Crippen molar-refractivity contribution in [1.29, 1.82) is 0 Å². The first-order valence-electron chi connectivity index (χ1n) is 10.6. The van der Waals surface area contributed by atoms with Gasteiger partial charge in [0.05, 0.1) is 11.7 Å². The van der Waals surface area contributed by atoms with Crippen LogP contribution in [0.4, 0.5) is 0 Å². The highest BCUT2D eigenvalue weighted by Crippen LogP contribution is 2.30. The molecular weight excluding hydrogens is 406 g/mol. The van der Waals surface area contributed by atoms with Gasteiger partial charge in [-0.1, -0.05) is 6.58 Å². The maximum atomic E-state index is 12.6. The molecule has 1 atom stereocenters. The van der Waals surface area contributed by atoms with E-state index in [0.717, 1.165) is 39.8 Å². The third kappa shape index (κ3) is 3.51. The average molecular weight is 429 g/mol. The normalized spacial score (nSPS) is 16.0. The van der Waals surface area contributed by atoms with E-state index in [1.165, 1.54) is 6.08 Å². The van der Waals surface area contributed by atoms with Crippen LogP contribution in [0, 0.1) is 0 Å². The topological polar surface area (TPSA) is 108 Å². The smallest absolute Gasteiger partial charge is 0.246 e. The number of nitrogens with zero attached hydrogens (tertiary/aromatic N) is 5. The van der Waals surface area contributed by atoms with Gasteiger partial charge in [0.25, 0.3) is 0 Å². The summed E-state index contributed by atoms with van der Waals surface area (Å²) in [4.78, 5) is 33.9. The molecule has 0 saturated carbocycles. The molecule has 0 spiro atoms. The Morgan fingerprint density at radius 1 is 1.25 bits per heavy atom. The lowest BCUT2D eigenvalue weighted by molar-refractivity contribution is -0.135. The summed E-state index contributed by atoms with van der Waals surface area (Å²) in [5.74, 6) is -0.314. The van der Waals surface area contributed by atoms with Crippen molar-refractivity contribution in [1.82, 2.24) is 35.0 Å². The molecule has 1 aliphatic heterocycles. The van der Waals surface area contributed by atoms with Crippen LogP contribution in [0.3, 0.4) is 0 Å². The Bertz CT molecular complexity index is 1320.